The first-order chi connectivity index (χ1) is 13.6. The van der Waals surface area contributed by atoms with Crippen molar-refractivity contribution >= 4 is 45.7 Å². The second-order valence-corrected chi connectivity index (χ2v) is 8.31. The summed E-state index contributed by atoms with van der Waals surface area (Å²) in [5.41, 5.74) is 0.570. The molecule has 5 nitrogen and oxygen atoms in total. The first kappa shape index (κ1) is 23.2. The van der Waals surface area contributed by atoms with Crippen LogP contribution in [0.5, 0.6) is 0 Å². The summed E-state index contributed by atoms with van der Waals surface area (Å²) in [5.74, 6) is -0.400. The van der Waals surface area contributed by atoms with Gasteiger partial charge in [-0.3, -0.25) is 0 Å². The van der Waals surface area contributed by atoms with E-state index in [1.54, 1.807) is 6.07 Å². The quantitative estimate of drug-likeness (QED) is 0.241. The van der Waals surface area contributed by atoms with Crippen molar-refractivity contribution in [2.45, 2.75) is 31.1 Å². The van der Waals surface area contributed by atoms with E-state index in [2.05, 4.69) is 32.6 Å². The molecule has 0 bridgehead atoms. The number of benzene rings is 1. The van der Waals surface area contributed by atoms with Gasteiger partial charge in [0.1, 0.15) is 5.82 Å². The molecule has 28 heavy (non-hydrogen) atoms. The second-order valence-electron chi connectivity index (χ2n) is 6.07. The molecule has 0 radical (unpaired) electrons. The van der Waals surface area contributed by atoms with Crippen LogP contribution in [0.3, 0.4) is 0 Å². The lowest BCUT2D eigenvalue weighted by atomic mass is 10.2. The minimum absolute atomic E-state index is 0.326. The van der Waals surface area contributed by atoms with Crippen molar-refractivity contribution in [2.24, 2.45) is 0 Å². The van der Waals surface area contributed by atoms with Gasteiger partial charge in [0.25, 0.3) is 0 Å². The Morgan fingerprint density at radius 2 is 1.82 bits per heavy atom. The highest BCUT2D eigenvalue weighted by Crippen LogP contribution is 2.32. The molecular weight excluding hydrogens is 424 g/mol. The molecule has 0 atom stereocenters. The van der Waals surface area contributed by atoms with Gasteiger partial charge < -0.3 is 20.7 Å². The molecule has 4 N–H and O–H groups in total. The first-order valence-corrected chi connectivity index (χ1v) is 11.3. The van der Waals surface area contributed by atoms with Crippen LogP contribution in [0.25, 0.3) is 0 Å². The lowest BCUT2D eigenvalue weighted by Gasteiger charge is -2.11. The molecule has 0 aliphatic carbocycles. The summed E-state index contributed by atoms with van der Waals surface area (Å²) in [7, 11) is 0. The van der Waals surface area contributed by atoms with Crippen molar-refractivity contribution < 1.29 is 8.78 Å². The number of thiazole rings is 1. The smallest absolute Gasteiger partial charge is 0.198 e. The summed E-state index contributed by atoms with van der Waals surface area (Å²) in [4.78, 5) is 4.15. The third-order valence-corrected chi connectivity index (χ3v) is 5.72. The summed E-state index contributed by atoms with van der Waals surface area (Å²) in [6.45, 7) is 6.83. The van der Waals surface area contributed by atoms with E-state index in [1.165, 1.54) is 6.07 Å². The van der Waals surface area contributed by atoms with Gasteiger partial charge in [0.2, 0.25) is 0 Å². The lowest BCUT2D eigenvalue weighted by molar-refractivity contribution is 0.586. The van der Waals surface area contributed by atoms with Gasteiger partial charge in [-0.2, -0.15) is 4.39 Å². The summed E-state index contributed by atoms with van der Waals surface area (Å²) in [6, 6.07) is 2.93. The van der Waals surface area contributed by atoms with Crippen LogP contribution in [0.15, 0.2) is 23.2 Å². The molecule has 2 aromatic rings. The molecule has 1 aromatic heterocycles. The zero-order valence-electron chi connectivity index (χ0n) is 15.8. The van der Waals surface area contributed by atoms with Gasteiger partial charge >= 0.3 is 0 Å². The zero-order valence-corrected chi connectivity index (χ0v) is 18.2. The van der Waals surface area contributed by atoms with Crippen LogP contribution in [0.1, 0.15) is 26.2 Å². The van der Waals surface area contributed by atoms with Crippen LogP contribution in [-0.2, 0) is 0 Å². The molecule has 0 aliphatic rings. The van der Waals surface area contributed by atoms with Crippen molar-refractivity contribution in [3.8, 4) is 0 Å². The van der Waals surface area contributed by atoms with Crippen LogP contribution in [-0.4, -0.2) is 37.7 Å². The maximum Gasteiger partial charge on any atom is 0.198 e. The van der Waals surface area contributed by atoms with Crippen molar-refractivity contribution in [3.05, 3.63) is 34.3 Å². The summed E-state index contributed by atoms with van der Waals surface area (Å²) in [6.07, 6.45) is 4.25. The van der Waals surface area contributed by atoms with E-state index in [0.29, 0.717) is 20.7 Å². The standard InChI is InChI=1S/C18H26ClF2N5S2/c1-2-5-22-8-9-23-6-3-4-7-24-15-11-14(20)16(10-13(15)19)28-26-18-25-12-17(21)27-18/h10-12,22-24H,2-9H2,1H3,(H,25,26). The first-order valence-electron chi connectivity index (χ1n) is 9.28. The molecule has 1 heterocycles. The Morgan fingerprint density at radius 3 is 2.54 bits per heavy atom. The molecule has 156 valence electrons. The average molecular weight is 450 g/mol. The van der Waals surface area contributed by atoms with Crippen LogP contribution < -0.4 is 20.7 Å². The normalized spacial score (nSPS) is 11.0. The number of anilines is 2. The highest BCUT2D eigenvalue weighted by Gasteiger charge is 2.10. The van der Waals surface area contributed by atoms with E-state index >= 15 is 0 Å². The highest BCUT2D eigenvalue weighted by molar-refractivity contribution is 8.00. The predicted octanol–water partition coefficient (Wildman–Crippen LogP) is 4.98. The Labute approximate surface area is 178 Å². The van der Waals surface area contributed by atoms with Crippen molar-refractivity contribution in [3.63, 3.8) is 0 Å². The number of hydrogen-bond donors (Lipinski definition) is 4. The fraction of sp³-hybridized carbons (Fsp3) is 0.500. The molecule has 0 spiro atoms. The fourth-order valence-corrected chi connectivity index (χ4v) is 3.91. The molecule has 2 rings (SSSR count). The Bertz CT molecular complexity index is 717. The third-order valence-electron chi connectivity index (χ3n) is 3.75. The van der Waals surface area contributed by atoms with Gasteiger partial charge in [0, 0.05) is 19.6 Å². The number of unbranched alkanes of at least 4 members (excludes halogenated alkanes) is 1. The molecule has 1 aromatic carbocycles. The lowest BCUT2D eigenvalue weighted by Crippen LogP contribution is -2.28. The maximum absolute atomic E-state index is 14.3. The van der Waals surface area contributed by atoms with Gasteiger partial charge in [-0.25, -0.2) is 9.37 Å². The van der Waals surface area contributed by atoms with Crippen LogP contribution in [0.4, 0.5) is 19.6 Å². The Hall–Kier alpha value is -1.13. The number of hydrogen-bond acceptors (Lipinski definition) is 7. The predicted molar refractivity (Wildman–Crippen MR) is 117 cm³/mol. The van der Waals surface area contributed by atoms with Gasteiger partial charge in [-0.15, -0.1) is 0 Å². The molecule has 0 saturated carbocycles. The second kappa shape index (κ2) is 13.2. The molecule has 10 heteroatoms. The zero-order chi connectivity index (χ0) is 20.2. The van der Waals surface area contributed by atoms with Crippen LogP contribution in [0.2, 0.25) is 5.02 Å². The van der Waals surface area contributed by atoms with E-state index < -0.39 is 10.9 Å². The van der Waals surface area contributed by atoms with E-state index in [4.69, 9.17) is 11.6 Å². The van der Waals surface area contributed by atoms with E-state index in [-0.39, 0.29) is 0 Å². The minimum Gasteiger partial charge on any atom is -0.384 e. The summed E-state index contributed by atoms with van der Waals surface area (Å²) in [5, 5.41) is 10.3. The Balaban J connectivity index is 1.66. The summed E-state index contributed by atoms with van der Waals surface area (Å²) < 4.78 is 30.0. The average Bonchev–Trinajstić information content (AvgIpc) is 3.09. The van der Waals surface area contributed by atoms with Gasteiger partial charge in [0.05, 0.1) is 21.8 Å². The summed E-state index contributed by atoms with van der Waals surface area (Å²) >= 11 is 8.12. The van der Waals surface area contributed by atoms with Crippen molar-refractivity contribution in [2.75, 3.05) is 42.8 Å². The van der Waals surface area contributed by atoms with Crippen molar-refractivity contribution in [1.29, 1.82) is 0 Å². The number of aromatic nitrogens is 1. The largest absolute Gasteiger partial charge is 0.384 e. The minimum atomic E-state index is -0.400. The number of nitrogens with one attached hydrogen (secondary N) is 4. The molecule has 0 aliphatic heterocycles. The maximum atomic E-state index is 14.3. The topological polar surface area (TPSA) is 61.0 Å². The molecule has 0 unspecified atom stereocenters. The van der Waals surface area contributed by atoms with Gasteiger partial charge in [-0.1, -0.05) is 29.9 Å². The number of rotatable bonds is 14. The third kappa shape index (κ3) is 8.48. The molecule has 0 saturated heterocycles. The SMILES string of the molecule is CCCNCCNCCCCNc1cc(F)c(SNc2ncc(F)s2)cc1Cl. The fourth-order valence-electron chi connectivity index (χ4n) is 2.34. The van der Waals surface area contributed by atoms with Gasteiger partial charge in [0.15, 0.2) is 10.3 Å². The molecule has 0 amide bonds. The monoisotopic (exact) mass is 449 g/mol. The van der Waals surface area contributed by atoms with Gasteiger partial charge in [-0.05, 0) is 56.4 Å². The van der Waals surface area contributed by atoms with E-state index in [9.17, 15) is 8.78 Å². The molecule has 0 fully saturated rings. The van der Waals surface area contributed by atoms with Crippen molar-refractivity contribution in [1.82, 2.24) is 15.6 Å². The van der Waals surface area contributed by atoms with Crippen LogP contribution >= 0.6 is 34.9 Å². The Morgan fingerprint density at radius 1 is 1.07 bits per heavy atom. The number of halogens is 3. The number of nitrogens with zero attached hydrogens (tertiary/aromatic N) is 1. The highest BCUT2D eigenvalue weighted by atomic mass is 35.5. The van der Waals surface area contributed by atoms with E-state index in [1.807, 2.05) is 0 Å². The Kier molecular flexibility index (Phi) is 10.9. The molecular formula is C18H26ClF2N5S2. The van der Waals surface area contributed by atoms with E-state index in [0.717, 1.165) is 81.5 Å². The van der Waals surface area contributed by atoms with Crippen LogP contribution in [0, 0.1) is 10.9 Å².